The molecule has 0 aromatic carbocycles. The van der Waals surface area contributed by atoms with Crippen LogP contribution in [0.5, 0.6) is 0 Å². The standard InChI is InChI=1S/C2F8P.H3O4P.Ru/c3-1(4,5)2(6,7)11(8,9)10;1-5(2,3)4;/h;(H3,1,2,3,4);/q+1;;+2/p-3. The molecule has 0 heterocycles. The van der Waals surface area contributed by atoms with Crippen LogP contribution in [-0.2, 0) is 24.0 Å². The van der Waals surface area contributed by atoms with Crippen molar-refractivity contribution in [2.24, 2.45) is 0 Å². The fourth-order valence-corrected chi connectivity index (χ4v) is 0.431. The van der Waals surface area contributed by atoms with E-state index in [1.54, 1.807) is 0 Å². The normalized spacial score (nSPS) is 13.4. The molecule has 0 aliphatic rings. The molecule has 0 aliphatic heterocycles. The molecular weight excluding hydrogens is 403 g/mol. The van der Waals surface area contributed by atoms with Crippen molar-refractivity contribution in [2.45, 2.75) is 11.8 Å². The summed E-state index contributed by atoms with van der Waals surface area (Å²) in [5.41, 5.74) is -6.51. The molecule has 0 aromatic rings. The van der Waals surface area contributed by atoms with Crippen LogP contribution in [0.1, 0.15) is 0 Å². The predicted octanol–water partition coefficient (Wildman–Crippen LogP) is 0.985. The molecule has 0 spiro atoms. The Hall–Kier alpha value is 0.603. The third-order valence-corrected chi connectivity index (χ3v) is 1.55. The van der Waals surface area contributed by atoms with E-state index in [1.165, 1.54) is 0 Å². The van der Waals surface area contributed by atoms with Crippen LogP contribution in [0.15, 0.2) is 0 Å². The molecule has 15 heteroatoms. The van der Waals surface area contributed by atoms with Crippen molar-refractivity contribution in [3.05, 3.63) is 0 Å². The minimum Gasteiger partial charge on any atom is -0.822 e. The Morgan fingerprint density at radius 2 is 1.06 bits per heavy atom. The maximum Gasteiger partial charge on any atom is 2.00 e. The first-order valence-corrected chi connectivity index (χ1v) is 5.58. The molecule has 0 saturated carbocycles. The largest absolute Gasteiger partial charge is 2.00 e. The quantitative estimate of drug-likeness (QED) is 0.371. The van der Waals surface area contributed by atoms with E-state index in [0.29, 0.717) is 0 Å². The number of rotatable bonds is 1. The van der Waals surface area contributed by atoms with Crippen molar-refractivity contribution in [3.63, 3.8) is 0 Å². The molecule has 0 unspecified atom stereocenters. The Morgan fingerprint density at radius 1 is 0.882 bits per heavy atom. The third kappa shape index (κ3) is 10.2. The van der Waals surface area contributed by atoms with Crippen LogP contribution in [0.3, 0.4) is 0 Å². The monoisotopic (exact) mass is 404 g/mol. The molecule has 0 bridgehead atoms. The second-order valence-electron chi connectivity index (χ2n) is 1.93. The van der Waals surface area contributed by atoms with Gasteiger partial charge in [0.05, 0.1) is 0 Å². The van der Waals surface area contributed by atoms with Gasteiger partial charge in [0.1, 0.15) is 0 Å². The van der Waals surface area contributed by atoms with Crippen molar-refractivity contribution in [1.29, 1.82) is 0 Å². The van der Waals surface area contributed by atoms with Crippen LogP contribution >= 0.6 is 16.0 Å². The Labute approximate surface area is 102 Å². The zero-order valence-electron chi connectivity index (χ0n) is 6.90. The van der Waals surface area contributed by atoms with E-state index in [-0.39, 0.29) is 19.5 Å². The molecule has 0 aliphatic carbocycles. The Kier molecular flexibility index (Phi) is 8.94. The van der Waals surface area contributed by atoms with Crippen molar-refractivity contribution in [1.82, 2.24) is 0 Å². The summed E-state index contributed by atoms with van der Waals surface area (Å²) in [6.07, 6.45) is -6.53. The summed E-state index contributed by atoms with van der Waals surface area (Å²) in [5, 5.41) is 0. The van der Waals surface area contributed by atoms with Gasteiger partial charge in [-0.1, -0.05) is 0 Å². The topological polar surface area (TPSA) is 86.2 Å². The van der Waals surface area contributed by atoms with Gasteiger partial charge in [0.15, 0.2) is 0 Å². The molecule has 17 heavy (non-hydrogen) atoms. The fraction of sp³-hybridized carbons (Fsp3) is 1.00. The second kappa shape index (κ2) is 6.68. The summed E-state index contributed by atoms with van der Waals surface area (Å²) in [6, 6.07) is 0. The molecule has 106 valence electrons. The van der Waals surface area contributed by atoms with Gasteiger partial charge >= 0.3 is 39.5 Å². The molecule has 0 rings (SSSR count). The fourth-order valence-electron chi connectivity index (χ4n) is 0.144. The zero-order chi connectivity index (χ0) is 14.0. The average Bonchev–Trinajstić information content (AvgIpc) is 1.76. The summed E-state index contributed by atoms with van der Waals surface area (Å²) >= 11 is 0. The van der Waals surface area contributed by atoms with Gasteiger partial charge in [0, 0.05) is 12.6 Å². The minimum atomic E-state index is -7.70. The maximum absolute atomic E-state index is 11.2. The summed E-state index contributed by atoms with van der Waals surface area (Å²) in [4.78, 5) is 25.6. The Balaban J connectivity index is -0.000000280. The van der Waals surface area contributed by atoms with Crippen molar-refractivity contribution < 1.29 is 73.3 Å². The first-order valence-electron chi connectivity index (χ1n) is 2.66. The van der Waals surface area contributed by atoms with Crippen LogP contribution in [0.2, 0.25) is 0 Å². The summed E-state index contributed by atoms with van der Waals surface area (Å²) in [7, 11) is -13.1. The number of phosphoric acid groups is 1. The average molecular weight is 403 g/mol. The van der Waals surface area contributed by atoms with Gasteiger partial charge in [-0.25, -0.2) is 0 Å². The smallest absolute Gasteiger partial charge is 0.822 e. The van der Waals surface area contributed by atoms with Crippen LogP contribution in [0.4, 0.5) is 34.5 Å². The van der Waals surface area contributed by atoms with Gasteiger partial charge in [-0.05, 0) is 0 Å². The predicted molar refractivity (Wildman–Crippen MR) is 28.9 cm³/mol. The first-order chi connectivity index (χ1) is 6.50. The number of halogens is 8. The summed E-state index contributed by atoms with van der Waals surface area (Å²) < 4.78 is 96.6. The summed E-state index contributed by atoms with van der Waals surface area (Å²) in [5.74, 6) is 0. The molecule has 0 N–H and O–H groups in total. The van der Waals surface area contributed by atoms with E-state index >= 15 is 0 Å². The second-order valence-corrected chi connectivity index (χ2v) is 4.28. The summed E-state index contributed by atoms with van der Waals surface area (Å²) in [6.45, 7) is 0. The third-order valence-electron chi connectivity index (χ3n) is 0.659. The Morgan fingerprint density at radius 3 is 1.06 bits per heavy atom. The molecule has 0 saturated heterocycles. The van der Waals surface area contributed by atoms with Gasteiger partial charge < -0.3 is 19.2 Å². The number of hydrogen-bond donors (Lipinski definition) is 0. The van der Waals surface area contributed by atoms with Crippen molar-refractivity contribution >= 4 is 16.0 Å². The zero-order valence-corrected chi connectivity index (χ0v) is 10.4. The van der Waals surface area contributed by atoms with E-state index in [1.807, 2.05) is 0 Å². The SMILES string of the molecule is FC(F)(F)C(F)(F)[P+](F)(F)F.O=P([O-])([O-])[O-].[Ru+2]. The molecular formula is C2F8O4P2Ru. The minimum absolute atomic E-state index is 0. The van der Waals surface area contributed by atoms with Gasteiger partial charge in [-0.2, -0.15) is 21.0 Å². The number of hydrogen-bond acceptors (Lipinski definition) is 4. The maximum atomic E-state index is 11.2. The van der Waals surface area contributed by atoms with E-state index in [2.05, 4.69) is 0 Å². The van der Waals surface area contributed by atoms with Crippen LogP contribution in [-0.4, -0.2) is 11.8 Å². The van der Waals surface area contributed by atoms with Gasteiger partial charge in [0.2, 0.25) is 0 Å². The molecule has 0 fully saturated rings. The van der Waals surface area contributed by atoms with E-state index in [0.717, 1.165) is 0 Å². The molecule has 0 radical (unpaired) electrons. The number of alkyl halides is 5. The Bertz CT molecular complexity index is 243. The van der Waals surface area contributed by atoms with E-state index < -0.39 is 27.9 Å². The molecule has 4 nitrogen and oxygen atoms in total. The van der Waals surface area contributed by atoms with Crippen molar-refractivity contribution in [3.8, 4) is 0 Å². The molecule has 0 aromatic heterocycles. The first kappa shape index (κ1) is 22.8. The van der Waals surface area contributed by atoms with Gasteiger partial charge in [-0.15, -0.1) is 8.78 Å². The van der Waals surface area contributed by atoms with Gasteiger partial charge in [-0.3, -0.25) is 0 Å². The van der Waals surface area contributed by atoms with Crippen LogP contribution in [0.25, 0.3) is 0 Å². The van der Waals surface area contributed by atoms with Gasteiger partial charge in [0.25, 0.3) is 0 Å². The van der Waals surface area contributed by atoms with Crippen LogP contribution in [0, 0.1) is 0 Å². The molecule has 0 atom stereocenters. The van der Waals surface area contributed by atoms with E-state index in [4.69, 9.17) is 19.2 Å². The molecule has 0 amide bonds. The van der Waals surface area contributed by atoms with E-state index in [9.17, 15) is 34.5 Å². The van der Waals surface area contributed by atoms with Crippen molar-refractivity contribution in [2.75, 3.05) is 0 Å². The van der Waals surface area contributed by atoms with Crippen LogP contribution < -0.4 is 14.7 Å².